The lowest BCUT2D eigenvalue weighted by atomic mass is 10.2. The van der Waals surface area contributed by atoms with E-state index < -0.39 is 4.92 Å². The monoisotopic (exact) mass is 302 g/mol. The van der Waals surface area contributed by atoms with Crippen molar-refractivity contribution in [3.63, 3.8) is 0 Å². The van der Waals surface area contributed by atoms with Crippen LogP contribution in [0.25, 0.3) is 10.9 Å². The lowest BCUT2D eigenvalue weighted by Gasteiger charge is -2.01. The van der Waals surface area contributed by atoms with Gasteiger partial charge in [-0.3, -0.25) is 14.9 Å². The minimum Gasteiger partial charge on any atom is -0.310 e. The van der Waals surface area contributed by atoms with Crippen molar-refractivity contribution in [2.24, 2.45) is 0 Å². The number of aromatic amines is 1. The lowest BCUT2D eigenvalue weighted by Crippen LogP contribution is -2.12. The van der Waals surface area contributed by atoms with Gasteiger partial charge in [0.05, 0.1) is 22.2 Å². The van der Waals surface area contributed by atoms with E-state index in [-0.39, 0.29) is 16.6 Å². The number of nitrogens with one attached hydrogen (secondary N) is 1. The van der Waals surface area contributed by atoms with Crippen LogP contribution in [-0.2, 0) is 6.42 Å². The Kier molecular flexibility index (Phi) is 3.22. The van der Waals surface area contributed by atoms with E-state index in [0.29, 0.717) is 17.8 Å². The average molecular weight is 302 g/mol. The molecule has 0 aliphatic rings. The highest BCUT2D eigenvalue weighted by molar-refractivity contribution is 7.09. The number of benzene rings is 1. The quantitative estimate of drug-likeness (QED) is 0.590. The number of thiazole rings is 1. The molecule has 0 fully saturated rings. The maximum Gasteiger partial charge on any atom is 0.270 e. The highest BCUT2D eigenvalue weighted by Gasteiger charge is 2.11. The number of nitrogens with zero attached hydrogens (tertiary/aromatic N) is 3. The predicted octanol–water partition coefficient (Wildman–Crippen LogP) is 2.19. The molecule has 0 spiro atoms. The molecule has 3 rings (SSSR count). The molecule has 0 atom stereocenters. The SMILES string of the molecule is Cc1csc(Cc2nc3ccc([N+](=O)[O-])cc3c(=O)[nH]2)n1. The van der Waals surface area contributed by atoms with E-state index >= 15 is 0 Å². The van der Waals surface area contributed by atoms with Crippen LogP contribution in [0.15, 0.2) is 28.4 Å². The number of hydrogen-bond acceptors (Lipinski definition) is 6. The molecule has 0 radical (unpaired) electrons. The van der Waals surface area contributed by atoms with Crippen molar-refractivity contribution in [3.8, 4) is 0 Å². The fraction of sp³-hybridized carbons (Fsp3) is 0.154. The van der Waals surface area contributed by atoms with E-state index in [9.17, 15) is 14.9 Å². The summed E-state index contributed by atoms with van der Waals surface area (Å²) in [6.07, 6.45) is 0.431. The fourth-order valence-electron chi connectivity index (χ4n) is 2.00. The molecule has 106 valence electrons. The number of fused-ring (bicyclic) bond motifs is 1. The van der Waals surface area contributed by atoms with E-state index in [1.54, 1.807) is 0 Å². The van der Waals surface area contributed by atoms with Gasteiger partial charge in [0.25, 0.3) is 11.2 Å². The molecule has 3 aromatic rings. The normalized spacial score (nSPS) is 10.9. The summed E-state index contributed by atoms with van der Waals surface area (Å²) in [5.41, 5.74) is 0.853. The number of rotatable bonds is 3. The molecule has 0 bridgehead atoms. The third-order valence-electron chi connectivity index (χ3n) is 2.93. The standard InChI is InChI=1S/C13H10N4O3S/c1-7-6-21-12(14-7)5-11-15-10-3-2-8(17(19)20)4-9(10)13(18)16-11/h2-4,6H,5H2,1H3,(H,15,16,18). The van der Waals surface area contributed by atoms with Crippen molar-refractivity contribution in [1.82, 2.24) is 15.0 Å². The van der Waals surface area contributed by atoms with Gasteiger partial charge in [-0.1, -0.05) is 0 Å². The molecule has 0 saturated heterocycles. The van der Waals surface area contributed by atoms with Crippen LogP contribution in [0.2, 0.25) is 0 Å². The predicted molar refractivity (Wildman–Crippen MR) is 78.7 cm³/mol. The molecule has 2 heterocycles. The van der Waals surface area contributed by atoms with Gasteiger partial charge in [0.2, 0.25) is 0 Å². The summed E-state index contributed by atoms with van der Waals surface area (Å²) in [6.45, 7) is 1.90. The molecular formula is C13H10N4O3S. The highest BCUT2D eigenvalue weighted by Crippen LogP contribution is 2.17. The molecule has 7 nitrogen and oxygen atoms in total. The van der Waals surface area contributed by atoms with Gasteiger partial charge in [0.1, 0.15) is 10.8 Å². The van der Waals surface area contributed by atoms with Gasteiger partial charge in [-0.25, -0.2) is 9.97 Å². The summed E-state index contributed by atoms with van der Waals surface area (Å²) in [5.74, 6) is 0.496. The Morgan fingerprint density at radius 2 is 2.19 bits per heavy atom. The van der Waals surface area contributed by atoms with Gasteiger partial charge in [0.15, 0.2) is 0 Å². The summed E-state index contributed by atoms with van der Waals surface area (Å²) >= 11 is 1.50. The second-order valence-electron chi connectivity index (χ2n) is 4.53. The van der Waals surface area contributed by atoms with Crippen LogP contribution in [0.3, 0.4) is 0 Å². The van der Waals surface area contributed by atoms with E-state index in [4.69, 9.17) is 0 Å². The summed E-state index contributed by atoms with van der Waals surface area (Å²) in [5, 5.41) is 13.7. The zero-order valence-corrected chi connectivity index (χ0v) is 11.8. The minimum absolute atomic E-state index is 0.127. The number of aromatic nitrogens is 3. The molecule has 8 heteroatoms. The van der Waals surface area contributed by atoms with Crippen molar-refractivity contribution >= 4 is 27.9 Å². The van der Waals surface area contributed by atoms with Crippen LogP contribution < -0.4 is 5.56 Å². The molecule has 1 aromatic carbocycles. The first-order valence-corrected chi connectivity index (χ1v) is 6.99. The molecule has 0 aliphatic carbocycles. The lowest BCUT2D eigenvalue weighted by molar-refractivity contribution is -0.384. The first-order valence-electron chi connectivity index (χ1n) is 6.11. The summed E-state index contributed by atoms with van der Waals surface area (Å²) < 4.78 is 0. The number of hydrogen-bond donors (Lipinski definition) is 1. The van der Waals surface area contributed by atoms with Gasteiger partial charge < -0.3 is 4.98 Å². The van der Waals surface area contributed by atoms with Crippen LogP contribution in [0.5, 0.6) is 0 Å². The highest BCUT2D eigenvalue weighted by atomic mass is 32.1. The second-order valence-corrected chi connectivity index (χ2v) is 5.47. The summed E-state index contributed by atoms with van der Waals surface area (Å²) in [6, 6.07) is 4.06. The topological polar surface area (TPSA) is 102 Å². The van der Waals surface area contributed by atoms with Crippen LogP contribution in [0, 0.1) is 17.0 Å². The molecule has 0 saturated carbocycles. The Balaban J connectivity index is 2.05. The number of non-ortho nitro benzene ring substituents is 1. The van der Waals surface area contributed by atoms with Gasteiger partial charge in [-0.05, 0) is 13.0 Å². The minimum atomic E-state index is -0.537. The first kappa shape index (κ1) is 13.4. The zero-order valence-electron chi connectivity index (χ0n) is 11.0. The van der Waals surface area contributed by atoms with E-state index in [2.05, 4.69) is 15.0 Å². The Labute approximate surface area is 122 Å². The van der Waals surface area contributed by atoms with E-state index in [1.807, 2.05) is 12.3 Å². The molecular weight excluding hydrogens is 292 g/mol. The van der Waals surface area contributed by atoms with Crippen LogP contribution in [0.1, 0.15) is 16.5 Å². The Morgan fingerprint density at radius 1 is 1.38 bits per heavy atom. The molecule has 0 unspecified atom stereocenters. The Morgan fingerprint density at radius 3 is 2.86 bits per heavy atom. The van der Waals surface area contributed by atoms with Crippen LogP contribution >= 0.6 is 11.3 Å². The Hall–Kier alpha value is -2.61. The van der Waals surface area contributed by atoms with Crippen molar-refractivity contribution < 1.29 is 4.92 Å². The van der Waals surface area contributed by atoms with Crippen molar-refractivity contribution in [1.29, 1.82) is 0 Å². The van der Waals surface area contributed by atoms with Crippen molar-refractivity contribution in [2.45, 2.75) is 13.3 Å². The molecule has 0 aliphatic heterocycles. The zero-order chi connectivity index (χ0) is 15.0. The van der Waals surface area contributed by atoms with E-state index in [0.717, 1.165) is 10.7 Å². The van der Waals surface area contributed by atoms with Crippen molar-refractivity contribution in [2.75, 3.05) is 0 Å². The first-order chi connectivity index (χ1) is 10.0. The number of nitro benzene ring substituents is 1. The number of aryl methyl sites for hydroxylation is 1. The number of H-pyrrole nitrogens is 1. The summed E-state index contributed by atoms with van der Waals surface area (Å²) in [7, 11) is 0. The largest absolute Gasteiger partial charge is 0.310 e. The van der Waals surface area contributed by atoms with Gasteiger partial charge in [0, 0.05) is 23.2 Å². The molecule has 1 N–H and O–H groups in total. The average Bonchev–Trinajstić information content (AvgIpc) is 2.83. The van der Waals surface area contributed by atoms with Crippen LogP contribution in [0.4, 0.5) is 5.69 Å². The van der Waals surface area contributed by atoms with Gasteiger partial charge in [-0.2, -0.15) is 0 Å². The molecule has 0 amide bonds. The molecule has 2 aromatic heterocycles. The number of nitro groups is 1. The smallest absolute Gasteiger partial charge is 0.270 e. The Bertz CT molecular complexity index is 900. The summed E-state index contributed by atoms with van der Waals surface area (Å²) in [4.78, 5) is 33.5. The second kappa shape index (κ2) is 5.06. The third kappa shape index (κ3) is 2.65. The van der Waals surface area contributed by atoms with Gasteiger partial charge >= 0.3 is 0 Å². The van der Waals surface area contributed by atoms with Crippen LogP contribution in [-0.4, -0.2) is 19.9 Å². The van der Waals surface area contributed by atoms with Gasteiger partial charge in [-0.15, -0.1) is 11.3 Å². The third-order valence-corrected chi connectivity index (χ3v) is 3.90. The molecule has 21 heavy (non-hydrogen) atoms. The fourth-order valence-corrected chi connectivity index (χ4v) is 2.78. The van der Waals surface area contributed by atoms with E-state index in [1.165, 1.54) is 29.5 Å². The maximum atomic E-state index is 12.0. The maximum absolute atomic E-state index is 12.0. The van der Waals surface area contributed by atoms with Crippen molar-refractivity contribution in [3.05, 3.63) is 60.6 Å².